The third-order valence-electron chi connectivity index (χ3n) is 3.17. The highest BCUT2D eigenvalue weighted by Crippen LogP contribution is 2.22. The maximum atomic E-state index is 12.0. The molecule has 3 rings (SSSR count). The van der Waals surface area contributed by atoms with Gasteiger partial charge in [-0.05, 0) is 58.5 Å². The fourth-order valence-electron chi connectivity index (χ4n) is 2.11. The van der Waals surface area contributed by atoms with Crippen molar-refractivity contribution in [2.24, 2.45) is 4.99 Å². The summed E-state index contributed by atoms with van der Waals surface area (Å²) in [6.45, 7) is 1.34. The monoisotopic (exact) mass is 433 g/mol. The minimum atomic E-state index is -0.492. The number of halogens is 1. The van der Waals surface area contributed by atoms with Gasteiger partial charge in [0.05, 0.1) is 5.56 Å². The molecular formula is C18H12INO4. The highest BCUT2D eigenvalue weighted by Gasteiger charge is 2.25. The van der Waals surface area contributed by atoms with Crippen molar-refractivity contribution in [2.75, 3.05) is 0 Å². The maximum absolute atomic E-state index is 12.0. The number of ether oxygens (including phenoxy) is 2. The summed E-state index contributed by atoms with van der Waals surface area (Å²) in [4.78, 5) is 27.2. The quantitative estimate of drug-likeness (QED) is 0.322. The number of aliphatic imine (C=N–C) groups is 1. The molecule has 1 heterocycles. The highest BCUT2D eigenvalue weighted by atomic mass is 127. The Bertz CT molecular complexity index is 869. The van der Waals surface area contributed by atoms with Crippen LogP contribution in [-0.4, -0.2) is 17.8 Å². The highest BCUT2D eigenvalue weighted by molar-refractivity contribution is 14.1. The zero-order valence-electron chi connectivity index (χ0n) is 12.7. The zero-order valence-corrected chi connectivity index (χ0v) is 14.8. The van der Waals surface area contributed by atoms with Crippen LogP contribution in [0.15, 0.2) is 59.2 Å². The van der Waals surface area contributed by atoms with Gasteiger partial charge in [0.1, 0.15) is 5.75 Å². The van der Waals surface area contributed by atoms with Crippen molar-refractivity contribution < 1.29 is 19.1 Å². The van der Waals surface area contributed by atoms with Gasteiger partial charge in [-0.1, -0.05) is 24.3 Å². The summed E-state index contributed by atoms with van der Waals surface area (Å²) in [5.74, 6) is -0.129. The van der Waals surface area contributed by atoms with E-state index in [1.807, 2.05) is 24.3 Å². The Hall–Kier alpha value is -2.48. The largest absolute Gasteiger partial charge is 0.427 e. The van der Waals surface area contributed by atoms with Crippen molar-refractivity contribution in [3.05, 3.63) is 68.9 Å². The van der Waals surface area contributed by atoms with Crippen LogP contribution in [0.2, 0.25) is 0 Å². The molecule has 0 aromatic heterocycles. The van der Waals surface area contributed by atoms with Crippen LogP contribution in [0.3, 0.4) is 0 Å². The van der Waals surface area contributed by atoms with Crippen LogP contribution >= 0.6 is 22.6 Å². The van der Waals surface area contributed by atoms with Crippen molar-refractivity contribution in [2.45, 2.75) is 6.92 Å². The number of hydrogen-bond acceptors (Lipinski definition) is 5. The standard InChI is InChI=1S/C18H12INO4/c1-11(21)23-13-8-6-12(7-9-13)10-16-18(22)24-17(20-16)14-4-2-3-5-15(14)19/h2-10H,1H3/b16-10-. The maximum Gasteiger partial charge on any atom is 0.363 e. The molecule has 0 N–H and O–H groups in total. The molecule has 5 nitrogen and oxygen atoms in total. The lowest BCUT2D eigenvalue weighted by molar-refractivity contribution is -0.132. The van der Waals surface area contributed by atoms with Gasteiger partial charge in [-0.3, -0.25) is 4.79 Å². The van der Waals surface area contributed by atoms with E-state index in [-0.39, 0.29) is 11.7 Å². The molecule has 0 saturated heterocycles. The van der Waals surface area contributed by atoms with E-state index >= 15 is 0 Å². The Labute approximate surface area is 152 Å². The number of carbonyl (C=O) groups excluding carboxylic acids is 2. The van der Waals surface area contributed by atoms with Gasteiger partial charge < -0.3 is 9.47 Å². The van der Waals surface area contributed by atoms with Crippen molar-refractivity contribution in [1.29, 1.82) is 0 Å². The molecule has 0 bridgehead atoms. The summed E-state index contributed by atoms with van der Waals surface area (Å²) in [6, 6.07) is 14.3. The number of carbonyl (C=O) groups is 2. The van der Waals surface area contributed by atoms with E-state index in [9.17, 15) is 9.59 Å². The molecule has 0 spiro atoms. The Kier molecular flexibility index (Phi) is 4.75. The number of rotatable bonds is 3. The van der Waals surface area contributed by atoms with Gasteiger partial charge in [0.25, 0.3) is 0 Å². The van der Waals surface area contributed by atoms with Crippen LogP contribution in [0.4, 0.5) is 0 Å². The summed E-state index contributed by atoms with van der Waals surface area (Å²) in [5, 5.41) is 0. The molecule has 0 amide bonds. The van der Waals surface area contributed by atoms with Crippen LogP contribution in [0.25, 0.3) is 6.08 Å². The van der Waals surface area contributed by atoms with Gasteiger partial charge >= 0.3 is 11.9 Å². The molecule has 24 heavy (non-hydrogen) atoms. The van der Waals surface area contributed by atoms with E-state index in [1.54, 1.807) is 30.3 Å². The van der Waals surface area contributed by atoms with Crippen LogP contribution in [0, 0.1) is 3.57 Å². The molecule has 6 heteroatoms. The molecule has 0 unspecified atom stereocenters. The fraction of sp³-hybridized carbons (Fsp3) is 0.0556. The van der Waals surface area contributed by atoms with Gasteiger partial charge in [0.2, 0.25) is 5.90 Å². The van der Waals surface area contributed by atoms with Crippen LogP contribution in [0.1, 0.15) is 18.1 Å². The lowest BCUT2D eigenvalue weighted by atomic mass is 10.2. The molecule has 0 radical (unpaired) electrons. The SMILES string of the molecule is CC(=O)Oc1ccc(/C=C2\N=C(c3ccccc3I)OC2=O)cc1. The van der Waals surface area contributed by atoms with Crippen molar-refractivity contribution in [3.63, 3.8) is 0 Å². The molecule has 1 aliphatic heterocycles. The first kappa shape index (κ1) is 16.4. The number of esters is 2. The zero-order chi connectivity index (χ0) is 17.1. The lowest BCUT2D eigenvalue weighted by Crippen LogP contribution is -2.06. The second-order valence-corrected chi connectivity index (χ2v) is 6.14. The lowest BCUT2D eigenvalue weighted by Gasteiger charge is -2.01. The van der Waals surface area contributed by atoms with Gasteiger partial charge in [-0.15, -0.1) is 0 Å². The molecule has 1 aliphatic rings. The van der Waals surface area contributed by atoms with E-state index in [2.05, 4.69) is 27.6 Å². The Morgan fingerprint density at radius 1 is 1.17 bits per heavy atom. The molecule has 2 aromatic carbocycles. The van der Waals surface area contributed by atoms with Gasteiger partial charge in [0.15, 0.2) is 5.70 Å². The summed E-state index contributed by atoms with van der Waals surface area (Å²) in [6.07, 6.45) is 1.63. The summed E-state index contributed by atoms with van der Waals surface area (Å²) in [7, 11) is 0. The van der Waals surface area contributed by atoms with E-state index in [0.29, 0.717) is 11.6 Å². The minimum Gasteiger partial charge on any atom is -0.427 e. The predicted octanol–water partition coefficient (Wildman–Crippen LogP) is 3.56. The van der Waals surface area contributed by atoms with Crippen LogP contribution in [-0.2, 0) is 14.3 Å². The Balaban J connectivity index is 1.86. The average molecular weight is 433 g/mol. The Morgan fingerprint density at radius 2 is 1.88 bits per heavy atom. The van der Waals surface area contributed by atoms with Crippen molar-refractivity contribution in [3.8, 4) is 5.75 Å². The topological polar surface area (TPSA) is 65.0 Å². The fourth-order valence-corrected chi connectivity index (χ4v) is 2.73. The van der Waals surface area contributed by atoms with Crippen LogP contribution < -0.4 is 4.74 Å². The summed E-state index contributed by atoms with van der Waals surface area (Å²) in [5.41, 5.74) is 1.76. The normalized spacial score (nSPS) is 15.2. The van der Waals surface area contributed by atoms with E-state index in [4.69, 9.17) is 9.47 Å². The molecule has 0 saturated carbocycles. The molecular weight excluding hydrogens is 421 g/mol. The minimum absolute atomic E-state index is 0.227. The third-order valence-corrected chi connectivity index (χ3v) is 4.11. The summed E-state index contributed by atoms with van der Waals surface area (Å²) < 4.78 is 11.2. The first-order valence-corrected chi connectivity index (χ1v) is 8.17. The van der Waals surface area contributed by atoms with E-state index in [0.717, 1.165) is 14.7 Å². The number of benzene rings is 2. The van der Waals surface area contributed by atoms with Crippen LogP contribution in [0.5, 0.6) is 5.75 Å². The summed E-state index contributed by atoms with van der Waals surface area (Å²) >= 11 is 2.17. The smallest absolute Gasteiger partial charge is 0.363 e. The number of cyclic esters (lactones) is 1. The number of hydrogen-bond donors (Lipinski definition) is 0. The molecule has 0 fully saturated rings. The number of nitrogens with zero attached hydrogens (tertiary/aromatic N) is 1. The van der Waals surface area contributed by atoms with Gasteiger partial charge in [-0.2, -0.15) is 0 Å². The third kappa shape index (κ3) is 3.70. The first-order chi connectivity index (χ1) is 11.5. The van der Waals surface area contributed by atoms with Crippen molar-refractivity contribution in [1.82, 2.24) is 0 Å². The second-order valence-electron chi connectivity index (χ2n) is 4.98. The first-order valence-electron chi connectivity index (χ1n) is 7.09. The molecule has 2 aromatic rings. The van der Waals surface area contributed by atoms with Crippen molar-refractivity contribution >= 4 is 46.5 Å². The average Bonchev–Trinajstić information content (AvgIpc) is 2.90. The van der Waals surface area contributed by atoms with Gasteiger partial charge in [-0.25, -0.2) is 9.79 Å². The Morgan fingerprint density at radius 3 is 2.54 bits per heavy atom. The van der Waals surface area contributed by atoms with Gasteiger partial charge in [0, 0.05) is 10.5 Å². The van der Waals surface area contributed by atoms with E-state index < -0.39 is 5.97 Å². The van der Waals surface area contributed by atoms with E-state index in [1.165, 1.54) is 6.92 Å². The predicted molar refractivity (Wildman–Crippen MR) is 97.5 cm³/mol. The molecule has 0 aliphatic carbocycles. The molecule has 120 valence electrons. The molecule has 0 atom stereocenters. The second kappa shape index (κ2) is 6.96.